The van der Waals surface area contributed by atoms with Crippen LogP contribution in [-0.2, 0) is 31.0 Å². The predicted molar refractivity (Wildman–Crippen MR) is 175 cm³/mol. The quantitative estimate of drug-likeness (QED) is 0.315. The SMILES string of the molecule is CC(=O)O.COc1cc2ccc1O[C@H]1CN(C(=O)CNS(C)(=O)=O)C[C@@H]1NC(=O)c1ccc(C)c(c1)-c1cccc(c1)OCC(=O)NC2. The molecule has 6 bridgehead atoms. The molecule has 3 aliphatic heterocycles. The molecule has 15 heteroatoms. The summed E-state index contributed by atoms with van der Waals surface area (Å²) in [6, 6.07) is 17.2. The molecule has 3 aromatic rings. The van der Waals surface area contributed by atoms with E-state index in [4.69, 9.17) is 24.1 Å². The highest BCUT2D eigenvalue weighted by Gasteiger charge is 2.38. The molecule has 0 aromatic heterocycles. The standard InChI is InChI=1S/C31H34N4O8S.C2H4O2/c1-19-7-9-22-13-24(19)21-5-4-6-23(12-21)42-18-29(36)32-14-20-8-10-26(27(11-20)41-2)43-28-17-35(16-25(28)34-31(22)38)30(37)15-33-44(3,39)40;1-2(3)4/h4-13,25,28,33H,14-18H2,1-3H3,(H,32,36)(H,34,38);1H3,(H,3,4)/t25-,28-;/m0./s1. The van der Waals surface area contributed by atoms with E-state index in [-0.39, 0.29) is 38.1 Å². The number of carboxylic acid groups (broad SMARTS) is 1. The maximum absolute atomic E-state index is 13.6. The van der Waals surface area contributed by atoms with Crippen LogP contribution in [0.3, 0.4) is 0 Å². The highest BCUT2D eigenvalue weighted by atomic mass is 32.2. The number of ether oxygens (including phenoxy) is 3. The van der Waals surface area contributed by atoms with Crippen molar-refractivity contribution in [1.29, 1.82) is 0 Å². The lowest BCUT2D eigenvalue weighted by molar-refractivity contribution is -0.134. The lowest BCUT2D eigenvalue weighted by Gasteiger charge is -2.23. The Morgan fingerprint density at radius 2 is 1.81 bits per heavy atom. The van der Waals surface area contributed by atoms with Crippen molar-refractivity contribution in [3.8, 4) is 28.4 Å². The van der Waals surface area contributed by atoms with E-state index in [0.717, 1.165) is 35.4 Å². The lowest BCUT2D eigenvalue weighted by Crippen LogP contribution is -2.45. The number of fused-ring (bicyclic) bond motifs is 7. The summed E-state index contributed by atoms with van der Waals surface area (Å²) in [6.07, 6.45) is 0.300. The molecule has 48 heavy (non-hydrogen) atoms. The van der Waals surface area contributed by atoms with Crippen LogP contribution < -0.4 is 29.6 Å². The van der Waals surface area contributed by atoms with Gasteiger partial charge in [-0.05, 0) is 65.6 Å². The van der Waals surface area contributed by atoms with E-state index < -0.39 is 40.6 Å². The number of carbonyl (C=O) groups excluding carboxylic acids is 3. The van der Waals surface area contributed by atoms with E-state index in [0.29, 0.717) is 22.8 Å². The van der Waals surface area contributed by atoms with E-state index in [1.165, 1.54) is 12.0 Å². The number of aliphatic carboxylic acids is 1. The summed E-state index contributed by atoms with van der Waals surface area (Å²) in [5.41, 5.74) is 3.72. The highest BCUT2D eigenvalue weighted by Crippen LogP contribution is 2.32. The Morgan fingerprint density at radius 3 is 2.52 bits per heavy atom. The average molecular weight is 683 g/mol. The van der Waals surface area contributed by atoms with Gasteiger partial charge in [-0.1, -0.05) is 24.3 Å². The van der Waals surface area contributed by atoms with Crippen LogP contribution in [0.1, 0.15) is 28.4 Å². The number of benzene rings is 3. The third-order valence-electron chi connectivity index (χ3n) is 7.43. The second kappa shape index (κ2) is 15.6. The van der Waals surface area contributed by atoms with E-state index in [1.54, 1.807) is 36.4 Å². The van der Waals surface area contributed by atoms with E-state index in [1.807, 2.05) is 31.2 Å². The summed E-state index contributed by atoms with van der Waals surface area (Å²) < 4.78 is 43.0. The van der Waals surface area contributed by atoms with Gasteiger partial charge in [0, 0.05) is 25.6 Å². The molecule has 4 N–H and O–H groups in total. The zero-order valence-corrected chi connectivity index (χ0v) is 27.8. The van der Waals surface area contributed by atoms with Gasteiger partial charge in [-0.2, -0.15) is 0 Å². The molecule has 0 aliphatic carbocycles. The fourth-order valence-electron chi connectivity index (χ4n) is 5.10. The fourth-order valence-corrected chi connectivity index (χ4v) is 5.49. The molecule has 6 rings (SSSR count). The maximum atomic E-state index is 13.6. The molecule has 3 heterocycles. The highest BCUT2D eigenvalue weighted by molar-refractivity contribution is 7.88. The smallest absolute Gasteiger partial charge is 0.300 e. The zero-order chi connectivity index (χ0) is 35.0. The van der Waals surface area contributed by atoms with Crippen LogP contribution in [0.4, 0.5) is 0 Å². The first kappa shape index (κ1) is 35.7. The number of hydrogen-bond acceptors (Lipinski definition) is 9. The number of nitrogens with zero attached hydrogens (tertiary/aromatic N) is 1. The van der Waals surface area contributed by atoms with Crippen molar-refractivity contribution in [3.63, 3.8) is 0 Å². The van der Waals surface area contributed by atoms with Crippen LogP contribution in [0.15, 0.2) is 60.7 Å². The molecule has 1 saturated heterocycles. The molecule has 0 radical (unpaired) electrons. The minimum Gasteiger partial charge on any atom is -0.493 e. The Bertz CT molecular complexity index is 1790. The first-order valence-electron chi connectivity index (χ1n) is 14.9. The average Bonchev–Trinajstić information content (AvgIpc) is 3.43. The molecule has 3 aliphatic rings. The number of amides is 3. The molecule has 14 nitrogen and oxygen atoms in total. The van der Waals surface area contributed by atoms with Gasteiger partial charge in [0.05, 0.1) is 32.5 Å². The van der Waals surface area contributed by atoms with Crippen LogP contribution in [0.2, 0.25) is 0 Å². The molecule has 3 amide bonds. The molecule has 0 saturated carbocycles. The molecule has 2 atom stereocenters. The van der Waals surface area contributed by atoms with E-state index in [2.05, 4.69) is 15.4 Å². The zero-order valence-electron chi connectivity index (χ0n) is 26.9. The van der Waals surface area contributed by atoms with Crippen LogP contribution >= 0.6 is 0 Å². The predicted octanol–water partition coefficient (Wildman–Crippen LogP) is 1.71. The van der Waals surface area contributed by atoms with Crippen molar-refractivity contribution in [2.24, 2.45) is 0 Å². The first-order chi connectivity index (χ1) is 22.7. The van der Waals surface area contributed by atoms with Gasteiger partial charge in [0.1, 0.15) is 11.9 Å². The summed E-state index contributed by atoms with van der Waals surface area (Å²) in [5, 5.41) is 13.3. The molecule has 0 spiro atoms. The number of rotatable bonds is 4. The Labute approximate surface area is 278 Å². The van der Waals surface area contributed by atoms with Gasteiger partial charge in [0.25, 0.3) is 17.8 Å². The van der Waals surface area contributed by atoms with Crippen LogP contribution in [-0.4, -0.2) is 93.9 Å². The van der Waals surface area contributed by atoms with E-state index in [9.17, 15) is 22.8 Å². The molecule has 1 fully saturated rings. The maximum Gasteiger partial charge on any atom is 0.300 e. The minimum atomic E-state index is -3.58. The number of hydrogen-bond donors (Lipinski definition) is 4. The van der Waals surface area contributed by atoms with Crippen molar-refractivity contribution in [3.05, 3.63) is 77.4 Å². The van der Waals surface area contributed by atoms with Gasteiger partial charge in [0.15, 0.2) is 18.1 Å². The van der Waals surface area contributed by atoms with Crippen molar-refractivity contribution >= 4 is 33.7 Å². The molecule has 256 valence electrons. The molecular weight excluding hydrogens is 644 g/mol. The van der Waals surface area contributed by atoms with E-state index >= 15 is 0 Å². The number of nitrogens with one attached hydrogen (secondary N) is 3. The first-order valence-corrected chi connectivity index (χ1v) is 16.8. The number of carbonyl (C=O) groups is 4. The van der Waals surface area contributed by atoms with Gasteiger partial charge in [-0.25, -0.2) is 13.1 Å². The third kappa shape index (κ3) is 9.92. The third-order valence-corrected chi connectivity index (χ3v) is 8.10. The Morgan fingerprint density at radius 1 is 1.06 bits per heavy atom. The van der Waals surface area contributed by atoms with Crippen molar-refractivity contribution in [1.82, 2.24) is 20.3 Å². The van der Waals surface area contributed by atoms with Crippen LogP contribution in [0.25, 0.3) is 11.1 Å². The van der Waals surface area contributed by atoms with Gasteiger partial charge < -0.3 is 34.9 Å². The minimum absolute atomic E-state index is 0.0993. The lowest BCUT2D eigenvalue weighted by atomic mass is 9.97. The Balaban J connectivity index is 0.00000123. The summed E-state index contributed by atoms with van der Waals surface area (Å²) in [5.74, 6) is -0.672. The van der Waals surface area contributed by atoms with Gasteiger partial charge >= 0.3 is 0 Å². The van der Waals surface area contributed by atoms with Gasteiger partial charge in [-0.15, -0.1) is 0 Å². The monoisotopic (exact) mass is 682 g/mol. The normalized spacial score (nSPS) is 17.7. The molecule has 3 aromatic carbocycles. The Kier molecular flexibility index (Phi) is 11.6. The topological polar surface area (TPSA) is 190 Å². The second-order valence-electron chi connectivity index (χ2n) is 11.3. The van der Waals surface area contributed by atoms with Crippen LogP contribution in [0.5, 0.6) is 17.2 Å². The number of aryl methyl sites for hydroxylation is 1. The summed E-state index contributed by atoms with van der Waals surface area (Å²) in [4.78, 5) is 49.5. The molecule has 0 unspecified atom stereocenters. The number of sulfonamides is 1. The number of methoxy groups -OCH3 is 1. The Hall–Kier alpha value is -5.15. The van der Waals surface area contributed by atoms with Crippen molar-refractivity contribution in [2.75, 3.05) is 39.6 Å². The van der Waals surface area contributed by atoms with Gasteiger partial charge in [-0.3, -0.25) is 19.2 Å². The largest absolute Gasteiger partial charge is 0.493 e. The molecular formula is C33H38N4O10S. The van der Waals surface area contributed by atoms with Crippen molar-refractivity contribution in [2.45, 2.75) is 32.5 Å². The summed E-state index contributed by atoms with van der Waals surface area (Å²) in [7, 11) is -2.09. The number of likely N-dealkylation sites (tertiary alicyclic amines) is 1. The summed E-state index contributed by atoms with van der Waals surface area (Å²) >= 11 is 0. The van der Waals surface area contributed by atoms with Crippen molar-refractivity contribution < 1.29 is 46.9 Å². The fraction of sp³-hybridized carbons (Fsp3) is 0.333. The summed E-state index contributed by atoms with van der Waals surface area (Å²) in [6.45, 7) is 2.85. The van der Waals surface area contributed by atoms with Gasteiger partial charge in [0.2, 0.25) is 15.9 Å². The number of carboxylic acids is 1. The second-order valence-corrected chi connectivity index (χ2v) is 13.1. The van der Waals surface area contributed by atoms with Crippen LogP contribution in [0, 0.1) is 6.92 Å².